The number of likely N-dealkylation sites (N-methyl/N-ethyl adjacent to an activating group) is 1. The van der Waals surface area contributed by atoms with Crippen LogP contribution in [-0.4, -0.2) is 37.4 Å². The van der Waals surface area contributed by atoms with E-state index < -0.39 is 0 Å². The number of aliphatic hydroxyl groups excluding tert-OH is 1. The highest BCUT2D eigenvalue weighted by molar-refractivity contribution is 5.65. The summed E-state index contributed by atoms with van der Waals surface area (Å²) in [6.45, 7) is 8.44. The zero-order valence-electron chi connectivity index (χ0n) is 14.1. The standard InChI is InChI=1S/C8H17NO3.C7H8.C2H6/c1-7(10)12-5-3-4-8(11)6-9-2;1-7-5-3-2-4-6-7;1-2/h8-9,11H,3-6H2,1-2H3;2-6H,1H3;1-2H3. The summed E-state index contributed by atoms with van der Waals surface area (Å²) in [5.74, 6) is -0.266. The summed E-state index contributed by atoms with van der Waals surface area (Å²) < 4.78 is 4.70. The van der Waals surface area contributed by atoms with Crippen LogP contribution in [0.2, 0.25) is 0 Å². The number of benzene rings is 1. The first kappa shape index (κ1) is 21.9. The molecule has 1 atom stereocenters. The van der Waals surface area contributed by atoms with Crippen LogP contribution < -0.4 is 5.32 Å². The molecule has 0 bridgehead atoms. The molecule has 21 heavy (non-hydrogen) atoms. The van der Waals surface area contributed by atoms with Crippen LogP contribution in [0.15, 0.2) is 30.3 Å². The molecule has 0 amide bonds. The third-order valence-electron chi connectivity index (χ3n) is 2.37. The summed E-state index contributed by atoms with van der Waals surface area (Å²) >= 11 is 0. The van der Waals surface area contributed by atoms with E-state index in [2.05, 4.69) is 24.4 Å². The van der Waals surface area contributed by atoms with Crippen LogP contribution in [0.25, 0.3) is 0 Å². The van der Waals surface area contributed by atoms with E-state index in [-0.39, 0.29) is 12.1 Å². The van der Waals surface area contributed by atoms with Crippen LogP contribution >= 0.6 is 0 Å². The van der Waals surface area contributed by atoms with E-state index in [9.17, 15) is 9.90 Å². The summed E-state index contributed by atoms with van der Waals surface area (Å²) in [6.07, 6.45) is 1.03. The highest BCUT2D eigenvalue weighted by Gasteiger charge is 2.01. The van der Waals surface area contributed by atoms with Gasteiger partial charge in [-0.25, -0.2) is 0 Å². The Morgan fingerprint density at radius 2 is 1.86 bits per heavy atom. The maximum atomic E-state index is 10.3. The van der Waals surface area contributed by atoms with Gasteiger partial charge in [0, 0.05) is 13.5 Å². The van der Waals surface area contributed by atoms with Crippen LogP contribution in [0.3, 0.4) is 0 Å². The molecule has 0 saturated heterocycles. The molecule has 0 aliphatic carbocycles. The van der Waals surface area contributed by atoms with Crippen LogP contribution in [0, 0.1) is 6.92 Å². The van der Waals surface area contributed by atoms with Gasteiger partial charge in [-0.05, 0) is 26.8 Å². The van der Waals surface area contributed by atoms with Crippen molar-refractivity contribution in [2.24, 2.45) is 0 Å². The van der Waals surface area contributed by atoms with E-state index in [1.807, 2.05) is 32.0 Å². The predicted octanol–water partition coefficient (Wildman–Crippen LogP) is 2.93. The topological polar surface area (TPSA) is 58.6 Å². The molecule has 0 aliphatic rings. The monoisotopic (exact) mass is 297 g/mol. The Morgan fingerprint density at radius 1 is 1.29 bits per heavy atom. The molecular formula is C17H31NO3. The van der Waals surface area contributed by atoms with Gasteiger partial charge in [0.05, 0.1) is 12.7 Å². The second-order valence-electron chi connectivity index (χ2n) is 4.35. The molecular weight excluding hydrogens is 266 g/mol. The summed E-state index contributed by atoms with van der Waals surface area (Å²) in [5, 5.41) is 12.1. The highest BCUT2D eigenvalue weighted by Crippen LogP contribution is 1.96. The fourth-order valence-electron chi connectivity index (χ4n) is 1.41. The predicted molar refractivity (Wildman–Crippen MR) is 88.3 cm³/mol. The van der Waals surface area contributed by atoms with E-state index in [1.165, 1.54) is 12.5 Å². The Balaban J connectivity index is 0. The van der Waals surface area contributed by atoms with Crippen LogP contribution in [0.1, 0.15) is 39.2 Å². The number of ether oxygens (including phenoxy) is 1. The lowest BCUT2D eigenvalue weighted by molar-refractivity contribution is -0.141. The van der Waals surface area contributed by atoms with Crippen LogP contribution in [0.4, 0.5) is 0 Å². The quantitative estimate of drug-likeness (QED) is 0.626. The number of hydrogen-bond donors (Lipinski definition) is 2. The van der Waals surface area contributed by atoms with Crippen molar-refractivity contribution in [1.82, 2.24) is 5.32 Å². The molecule has 1 aromatic rings. The minimum atomic E-state index is -0.342. The number of aliphatic hydroxyl groups is 1. The van der Waals surface area contributed by atoms with E-state index in [0.29, 0.717) is 26.0 Å². The highest BCUT2D eigenvalue weighted by atomic mass is 16.5. The summed E-state index contributed by atoms with van der Waals surface area (Å²) in [4.78, 5) is 10.3. The molecule has 1 unspecified atom stereocenters. The summed E-state index contributed by atoms with van der Waals surface area (Å²) in [5.41, 5.74) is 1.32. The lowest BCUT2D eigenvalue weighted by Gasteiger charge is -2.08. The van der Waals surface area contributed by atoms with Crippen molar-refractivity contribution in [2.45, 2.75) is 46.6 Å². The minimum Gasteiger partial charge on any atom is -0.466 e. The Hall–Kier alpha value is -1.39. The van der Waals surface area contributed by atoms with Crippen molar-refractivity contribution in [2.75, 3.05) is 20.2 Å². The van der Waals surface area contributed by atoms with Crippen molar-refractivity contribution in [3.05, 3.63) is 35.9 Å². The average molecular weight is 297 g/mol. The second-order valence-corrected chi connectivity index (χ2v) is 4.35. The van der Waals surface area contributed by atoms with Gasteiger partial charge in [0.15, 0.2) is 0 Å². The number of rotatable bonds is 6. The molecule has 0 fully saturated rings. The molecule has 0 saturated carbocycles. The average Bonchev–Trinajstić information content (AvgIpc) is 2.47. The fourth-order valence-corrected chi connectivity index (χ4v) is 1.41. The second kappa shape index (κ2) is 16.7. The lowest BCUT2D eigenvalue weighted by Crippen LogP contribution is -2.23. The number of esters is 1. The maximum absolute atomic E-state index is 10.3. The number of nitrogens with one attached hydrogen (secondary N) is 1. The van der Waals surface area contributed by atoms with Gasteiger partial charge >= 0.3 is 5.97 Å². The number of carbonyl (C=O) groups is 1. The molecule has 122 valence electrons. The largest absolute Gasteiger partial charge is 0.466 e. The minimum absolute atomic E-state index is 0.266. The van der Waals surface area contributed by atoms with Gasteiger partial charge in [-0.2, -0.15) is 0 Å². The Labute approximate surface area is 129 Å². The van der Waals surface area contributed by atoms with Crippen molar-refractivity contribution in [1.29, 1.82) is 0 Å². The van der Waals surface area contributed by atoms with Crippen LogP contribution in [0.5, 0.6) is 0 Å². The summed E-state index contributed by atoms with van der Waals surface area (Å²) in [6, 6.07) is 10.3. The lowest BCUT2D eigenvalue weighted by atomic mass is 10.2. The molecule has 0 heterocycles. The third kappa shape index (κ3) is 18.6. The normalized spacial score (nSPS) is 10.4. The SMILES string of the molecule is CC.CNCC(O)CCCOC(C)=O.Cc1ccccc1. The smallest absolute Gasteiger partial charge is 0.302 e. The first-order chi connectivity index (χ1) is 10.1. The van der Waals surface area contributed by atoms with Crippen molar-refractivity contribution in [3.63, 3.8) is 0 Å². The fraction of sp³-hybridized carbons (Fsp3) is 0.588. The van der Waals surface area contributed by atoms with E-state index in [4.69, 9.17) is 4.74 Å². The molecule has 2 N–H and O–H groups in total. The van der Waals surface area contributed by atoms with Gasteiger partial charge in [0.1, 0.15) is 0 Å². The van der Waals surface area contributed by atoms with Gasteiger partial charge in [-0.3, -0.25) is 4.79 Å². The third-order valence-corrected chi connectivity index (χ3v) is 2.37. The molecule has 0 radical (unpaired) electrons. The molecule has 4 nitrogen and oxygen atoms in total. The Kier molecular flexibility index (Phi) is 17.4. The van der Waals surface area contributed by atoms with Crippen molar-refractivity contribution < 1.29 is 14.6 Å². The van der Waals surface area contributed by atoms with Crippen molar-refractivity contribution in [3.8, 4) is 0 Å². The molecule has 4 heteroatoms. The van der Waals surface area contributed by atoms with E-state index >= 15 is 0 Å². The molecule has 0 aromatic heterocycles. The van der Waals surface area contributed by atoms with Gasteiger partial charge in [-0.15, -0.1) is 0 Å². The number of aryl methyl sites for hydroxylation is 1. The molecule has 1 rings (SSSR count). The van der Waals surface area contributed by atoms with Crippen LogP contribution in [-0.2, 0) is 9.53 Å². The first-order valence-corrected chi connectivity index (χ1v) is 7.54. The molecule has 1 aromatic carbocycles. The number of carbonyl (C=O) groups excluding carboxylic acids is 1. The van der Waals surface area contributed by atoms with Crippen molar-refractivity contribution >= 4 is 5.97 Å². The van der Waals surface area contributed by atoms with Gasteiger partial charge in [-0.1, -0.05) is 49.7 Å². The number of hydrogen-bond acceptors (Lipinski definition) is 4. The van der Waals surface area contributed by atoms with Gasteiger partial charge in [0.25, 0.3) is 0 Å². The zero-order chi connectivity index (χ0) is 16.5. The first-order valence-electron chi connectivity index (χ1n) is 7.54. The molecule has 0 spiro atoms. The van der Waals surface area contributed by atoms with E-state index in [1.54, 1.807) is 7.05 Å². The maximum Gasteiger partial charge on any atom is 0.302 e. The van der Waals surface area contributed by atoms with E-state index in [0.717, 1.165) is 0 Å². The van der Waals surface area contributed by atoms with Gasteiger partial charge in [0.2, 0.25) is 0 Å². The Bertz CT molecular complexity index is 328. The zero-order valence-corrected chi connectivity index (χ0v) is 14.1. The Morgan fingerprint density at radius 3 is 2.24 bits per heavy atom. The van der Waals surface area contributed by atoms with Gasteiger partial charge < -0.3 is 15.2 Å². The molecule has 0 aliphatic heterocycles. The summed E-state index contributed by atoms with van der Waals surface area (Å²) in [7, 11) is 1.79.